The van der Waals surface area contributed by atoms with Crippen molar-refractivity contribution in [3.05, 3.63) is 11.8 Å². The van der Waals surface area contributed by atoms with Crippen LogP contribution in [0.15, 0.2) is 4.42 Å². The van der Waals surface area contributed by atoms with E-state index in [0.717, 1.165) is 6.42 Å². The van der Waals surface area contributed by atoms with Crippen molar-refractivity contribution < 1.29 is 13.9 Å². The molecule has 1 heterocycles. The zero-order valence-corrected chi connectivity index (χ0v) is 10.9. The number of rotatable bonds is 4. The van der Waals surface area contributed by atoms with E-state index in [2.05, 4.69) is 10.2 Å². The molecule has 1 aliphatic carbocycles. The Labute approximate surface area is 107 Å². The van der Waals surface area contributed by atoms with Gasteiger partial charge in [-0.15, -0.1) is 10.2 Å². The van der Waals surface area contributed by atoms with E-state index in [9.17, 15) is 4.79 Å². The fraction of sp³-hybridized carbons (Fsp3) is 0.769. The molecule has 1 aliphatic rings. The summed E-state index contributed by atoms with van der Waals surface area (Å²) in [5.74, 6) is 0.616. The third-order valence-corrected chi connectivity index (χ3v) is 3.35. The third-order valence-electron chi connectivity index (χ3n) is 3.35. The highest BCUT2D eigenvalue weighted by atomic mass is 16.5. The molecule has 100 valence electrons. The Hall–Kier alpha value is -1.39. The molecule has 0 aliphatic heterocycles. The summed E-state index contributed by atoms with van der Waals surface area (Å²) in [6.45, 7) is 2.07. The second kappa shape index (κ2) is 6.52. The van der Waals surface area contributed by atoms with Crippen LogP contribution in [0.2, 0.25) is 0 Å². The van der Waals surface area contributed by atoms with Crippen molar-refractivity contribution in [3.8, 4) is 0 Å². The third kappa shape index (κ3) is 3.55. The second-order valence-electron chi connectivity index (χ2n) is 4.78. The summed E-state index contributed by atoms with van der Waals surface area (Å²) in [6, 6.07) is 0. The number of esters is 1. The molecular weight excluding hydrogens is 232 g/mol. The second-order valence-corrected chi connectivity index (χ2v) is 4.78. The molecule has 0 amide bonds. The molecule has 0 radical (unpaired) electrons. The van der Waals surface area contributed by atoms with Crippen molar-refractivity contribution in [2.24, 2.45) is 5.92 Å². The van der Waals surface area contributed by atoms with Gasteiger partial charge in [-0.2, -0.15) is 0 Å². The maximum Gasteiger partial charge on any atom is 0.396 e. The van der Waals surface area contributed by atoms with Gasteiger partial charge in [0.15, 0.2) is 0 Å². The lowest BCUT2D eigenvalue weighted by atomic mass is 9.97. The van der Waals surface area contributed by atoms with Crippen LogP contribution in [-0.2, 0) is 11.2 Å². The Balaban J connectivity index is 1.91. The SMILES string of the molecule is CCOC(=O)c1nnc(CC2CCCCCC2)o1. The van der Waals surface area contributed by atoms with Gasteiger partial charge in [-0.3, -0.25) is 0 Å². The highest BCUT2D eigenvalue weighted by Crippen LogP contribution is 2.25. The molecule has 1 aromatic heterocycles. The molecule has 1 fully saturated rings. The quantitative estimate of drug-likeness (QED) is 0.609. The Bertz CT molecular complexity index is 381. The van der Waals surface area contributed by atoms with E-state index in [1.165, 1.54) is 38.5 Å². The smallest absolute Gasteiger partial charge is 0.396 e. The van der Waals surface area contributed by atoms with E-state index in [4.69, 9.17) is 9.15 Å². The van der Waals surface area contributed by atoms with Crippen LogP contribution in [0.5, 0.6) is 0 Å². The van der Waals surface area contributed by atoms with Crippen LogP contribution in [0, 0.1) is 5.92 Å². The summed E-state index contributed by atoms with van der Waals surface area (Å²) in [5, 5.41) is 7.66. The molecular formula is C13H20N2O3. The molecule has 0 unspecified atom stereocenters. The first-order valence-corrected chi connectivity index (χ1v) is 6.79. The van der Waals surface area contributed by atoms with E-state index in [1.807, 2.05) is 0 Å². The highest BCUT2D eigenvalue weighted by Gasteiger charge is 2.19. The van der Waals surface area contributed by atoms with Gasteiger partial charge in [0, 0.05) is 6.42 Å². The summed E-state index contributed by atoms with van der Waals surface area (Å²) >= 11 is 0. The minimum absolute atomic E-state index is 0.0273. The van der Waals surface area contributed by atoms with Gasteiger partial charge >= 0.3 is 11.9 Å². The minimum atomic E-state index is -0.530. The zero-order valence-electron chi connectivity index (χ0n) is 10.9. The van der Waals surface area contributed by atoms with Gasteiger partial charge in [0.2, 0.25) is 5.89 Å². The number of hydrogen-bond donors (Lipinski definition) is 0. The van der Waals surface area contributed by atoms with Gasteiger partial charge in [-0.1, -0.05) is 25.7 Å². The number of nitrogens with zero attached hydrogens (tertiary/aromatic N) is 2. The van der Waals surface area contributed by atoms with E-state index in [0.29, 0.717) is 18.4 Å². The largest absolute Gasteiger partial charge is 0.459 e. The average Bonchev–Trinajstić information content (AvgIpc) is 2.67. The van der Waals surface area contributed by atoms with Gasteiger partial charge in [0.1, 0.15) is 0 Å². The molecule has 0 bridgehead atoms. The normalized spacial score (nSPS) is 17.4. The lowest BCUT2D eigenvalue weighted by Crippen LogP contribution is -2.05. The van der Waals surface area contributed by atoms with Crippen molar-refractivity contribution in [1.29, 1.82) is 0 Å². The van der Waals surface area contributed by atoms with Crippen LogP contribution in [0.4, 0.5) is 0 Å². The summed E-state index contributed by atoms with van der Waals surface area (Å²) < 4.78 is 10.2. The zero-order chi connectivity index (χ0) is 12.8. The molecule has 18 heavy (non-hydrogen) atoms. The predicted molar refractivity (Wildman–Crippen MR) is 65.2 cm³/mol. The Kier molecular flexibility index (Phi) is 4.73. The summed E-state index contributed by atoms with van der Waals surface area (Å²) in [5.41, 5.74) is 0. The molecule has 0 saturated heterocycles. The molecule has 5 heteroatoms. The van der Waals surface area contributed by atoms with Crippen molar-refractivity contribution in [2.45, 2.75) is 51.9 Å². The van der Waals surface area contributed by atoms with E-state index in [-0.39, 0.29) is 5.89 Å². The molecule has 1 aromatic rings. The predicted octanol–water partition coefficient (Wildman–Crippen LogP) is 2.76. The standard InChI is InChI=1S/C13H20N2O3/c1-2-17-13(16)12-15-14-11(18-12)9-10-7-5-3-4-6-8-10/h10H,2-9H2,1H3. The van der Waals surface area contributed by atoms with Crippen LogP contribution in [0.3, 0.4) is 0 Å². The van der Waals surface area contributed by atoms with Crippen LogP contribution in [0.1, 0.15) is 62.0 Å². The minimum Gasteiger partial charge on any atom is -0.459 e. The Morgan fingerprint density at radius 3 is 2.67 bits per heavy atom. The molecule has 0 aromatic carbocycles. The van der Waals surface area contributed by atoms with Crippen LogP contribution >= 0.6 is 0 Å². The van der Waals surface area contributed by atoms with Crippen molar-refractivity contribution in [1.82, 2.24) is 10.2 Å². The molecule has 1 saturated carbocycles. The van der Waals surface area contributed by atoms with Gasteiger partial charge in [0.05, 0.1) is 6.61 Å². The van der Waals surface area contributed by atoms with Crippen LogP contribution in [0.25, 0.3) is 0 Å². The van der Waals surface area contributed by atoms with Crippen LogP contribution < -0.4 is 0 Å². The summed E-state index contributed by atoms with van der Waals surface area (Å²) in [4.78, 5) is 11.4. The number of carbonyl (C=O) groups is 1. The topological polar surface area (TPSA) is 65.2 Å². The van der Waals surface area contributed by atoms with Gasteiger partial charge in [0.25, 0.3) is 0 Å². The van der Waals surface area contributed by atoms with Gasteiger partial charge in [-0.25, -0.2) is 4.79 Å². The lowest BCUT2D eigenvalue weighted by molar-refractivity contribution is 0.0478. The maximum atomic E-state index is 11.4. The van der Waals surface area contributed by atoms with Crippen molar-refractivity contribution in [3.63, 3.8) is 0 Å². The van der Waals surface area contributed by atoms with Crippen molar-refractivity contribution >= 4 is 5.97 Å². The fourth-order valence-corrected chi connectivity index (χ4v) is 2.43. The monoisotopic (exact) mass is 252 g/mol. The highest BCUT2D eigenvalue weighted by molar-refractivity contribution is 5.83. The number of aromatic nitrogens is 2. The van der Waals surface area contributed by atoms with Crippen molar-refractivity contribution in [2.75, 3.05) is 6.61 Å². The molecule has 0 N–H and O–H groups in total. The van der Waals surface area contributed by atoms with E-state index < -0.39 is 5.97 Å². The Morgan fingerprint density at radius 2 is 2.00 bits per heavy atom. The maximum absolute atomic E-state index is 11.4. The number of hydrogen-bond acceptors (Lipinski definition) is 5. The summed E-state index contributed by atoms with van der Waals surface area (Å²) in [6.07, 6.45) is 8.44. The first-order chi connectivity index (χ1) is 8.79. The van der Waals surface area contributed by atoms with E-state index >= 15 is 0 Å². The average molecular weight is 252 g/mol. The molecule has 5 nitrogen and oxygen atoms in total. The number of ether oxygens (including phenoxy) is 1. The Morgan fingerprint density at radius 1 is 1.28 bits per heavy atom. The fourth-order valence-electron chi connectivity index (χ4n) is 2.43. The molecule has 0 spiro atoms. The van der Waals surface area contributed by atoms with E-state index in [1.54, 1.807) is 6.92 Å². The first-order valence-electron chi connectivity index (χ1n) is 6.79. The first kappa shape index (κ1) is 13.1. The van der Waals surface area contributed by atoms with Gasteiger partial charge < -0.3 is 9.15 Å². The lowest BCUT2D eigenvalue weighted by Gasteiger charge is -2.10. The summed E-state index contributed by atoms with van der Waals surface area (Å²) in [7, 11) is 0. The number of carbonyl (C=O) groups excluding carboxylic acids is 1. The van der Waals surface area contributed by atoms with Gasteiger partial charge in [-0.05, 0) is 25.7 Å². The molecule has 2 rings (SSSR count). The van der Waals surface area contributed by atoms with Crippen LogP contribution in [-0.4, -0.2) is 22.8 Å². The molecule has 0 atom stereocenters.